The van der Waals surface area contributed by atoms with E-state index in [9.17, 15) is 0 Å². The molecule has 0 atom stereocenters. The van der Waals surface area contributed by atoms with Gasteiger partial charge in [-0.15, -0.1) is 0 Å². The first-order valence-corrected chi connectivity index (χ1v) is 6.99. The van der Waals surface area contributed by atoms with Crippen LogP contribution in [0.2, 0.25) is 0 Å². The second-order valence-electron chi connectivity index (χ2n) is 5.12. The molecule has 0 radical (unpaired) electrons. The predicted molar refractivity (Wildman–Crippen MR) is 80.8 cm³/mol. The third-order valence-electron chi connectivity index (χ3n) is 3.46. The molecule has 4 nitrogen and oxygen atoms in total. The Morgan fingerprint density at radius 1 is 1.10 bits per heavy atom. The zero-order chi connectivity index (χ0) is 14.7. The standard InChI is InChI=1S/C17H19NO3/c1-12-4-3-5-13(6-12)9-18-10-14-7-15(19-2)17-16(8-14)20-11-21-17/h3-8,18H,9-11H2,1-2H3. The van der Waals surface area contributed by atoms with Gasteiger partial charge in [0.25, 0.3) is 0 Å². The molecule has 2 aromatic rings. The minimum absolute atomic E-state index is 0.256. The third kappa shape index (κ3) is 3.11. The van der Waals surface area contributed by atoms with E-state index in [1.54, 1.807) is 7.11 Å². The Hall–Kier alpha value is -2.20. The smallest absolute Gasteiger partial charge is 0.231 e. The first-order chi connectivity index (χ1) is 10.3. The number of nitrogens with one attached hydrogen (secondary N) is 1. The molecule has 4 heteroatoms. The van der Waals surface area contributed by atoms with Gasteiger partial charge in [0.2, 0.25) is 12.5 Å². The normalized spacial score (nSPS) is 12.5. The molecular weight excluding hydrogens is 266 g/mol. The van der Waals surface area contributed by atoms with E-state index in [1.165, 1.54) is 11.1 Å². The van der Waals surface area contributed by atoms with Crippen molar-refractivity contribution in [3.63, 3.8) is 0 Å². The van der Waals surface area contributed by atoms with Crippen LogP contribution in [0, 0.1) is 6.92 Å². The highest BCUT2D eigenvalue weighted by molar-refractivity contribution is 5.55. The van der Waals surface area contributed by atoms with Gasteiger partial charge in [0.05, 0.1) is 7.11 Å². The van der Waals surface area contributed by atoms with Gasteiger partial charge < -0.3 is 19.5 Å². The van der Waals surface area contributed by atoms with E-state index in [0.29, 0.717) is 5.75 Å². The number of aryl methyl sites for hydroxylation is 1. The Morgan fingerprint density at radius 3 is 2.76 bits per heavy atom. The molecule has 1 N–H and O–H groups in total. The molecule has 3 rings (SSSR count). The van der Waals surface area contributed by atoms with Crippen molar-refractivity contribution in [2.75, 3.05) is 13.9 Å². The van der Waals surface area contributed by atoms with Crippen molar-refractivity contribution < 1.29 is 14.2 Å². The van der Waals surface area contributed by atoms with E-state index in [1.807, 2.05) is 12.1 Å². The maximum atomic E-state index is 5.43. The van der Waals surface area contributed by atoms with Crippen molar-refractivity contribution in [1.29, 1.82) is 0 Å². The molecular formula is C17H19NO3. The lowest BCUT2D eigenvalue weighted by Crippen LogP contribution is -2.12. The summed E-state index contributed by atoms with van der Waals surface area (Å²) in [7, 11) is 1.64. The van der Waals surface area contributed by atoms with Crippen LogP contribution in [0.4, 0.5) is 0 Å². The van der Waals surface area contributed by atoms with Gasteiger partial charge in [-0.3, -0.25) is 0 Å². The first kappa shape index (κ1) is 13.8. The van der Waals surface area contributed by atoms with Gasteiger partial charge in [0.15, 0.2) is 11.5 Å². The summed E-state index contributed by atoms with van der Waals surface area (Å²) in [6, 6.07) is 12.5. The van der Waals surface area contributed by atoms with Crippen molar-refractivity contribution in [3.8, 4) is 17.2 Å². The van der Waals surface area contributed by atoms with Gasteiger partial charge in [0, 0.05) is 13.1 Å². The Bertz CT molecular complexity index is 640. The van der Waals surface area contributed by atoms with Gasteiger partial charge in [-0.1, -0.05) is 29.8 Å². The molecule has 2 aromatic carbocycles. The topological polar surface area (TPSA) is 39.7 Å². The third-order valence-corrected chi connectivity index (χ3v) is 3.46. The van der Waals surface area contributed by atoms with E-state index in [0.717, 1.165) is 30.2 Å². The number of ether oxygens (including phenoxy) is 3. The largest absolute Gasteiger partial charge is 0.493 e. The highest BCUT2D eigenvalue weighted by atomic mass is 16.7. The molecule has 0 bridgehead atoms. The molecule has 110 valence electrons. The van der Waals surface area contributed by atoms with Crippen molar-refractivity contribution >= 4 is 0 Å². The molecule has 0 aromatic heterocycles. The Balaban J connectivity index is 1.66. The number of hydrogen-bond donors (Lipinski definition) is 1. The van der Waals surface area contributed by atoms with Gasteiger partial charge in [-0.2, -0.15) is 0 Å². The summed E-state index contributed by atoms with van der Waals surface area (Å²) in [4.78, 5) is 0. The number of methoxy groups -OCH3 is 1. The van der Waals surface area contributed by atoms with Crippen LogP contribution in [0.1, 0.15) is 16.7 Å². The Labute approximate surface area is 124 Å². The SMILES string of the molecule is COc1cc(CNCc2cccc(C)c2)cc2c1OCO2. The molecule has 1 aliphatic heterocycles. The fraction of sp³-hybridized carbons (Fsp3) is 0.294. The summed E-state index contributed by atoms with van der Waals surface area (Å²) in [6.45, 7) is 3.94. The summed E-state index contributed by atoms with van der Waals surface area (Å²) >= 11 is 0. The van der Waals surface area contributed by atoms with Crippen LogP contribution in [-0.4, -0.2) is 13.9 Å². The maximum Gasteiger partial charge on any atom is 0.231 e. The zero-order valence-electron chi connectivity index (χ0n) is 12.3. The summed E-state index contributed by atoms with van der Waals surface area (Å²) in [5, 5.41) is 3.44. The Morgan fingerprint density at radius 2 is 1.95 bits per heavy atom. The van der Waals surface area contributed by atoms with Crippen molar-refractivity contribution in [2.45, 2.75) is 20.0 Å². The van der Waals surface area contributed by atoms with Crippen LogP contribution in [0.3, 0.4) is 0 Å². The molecule has 0 fully saturated rings. The molecule has 0 aliphatic carbocycles. The van der Waals surface area contributed by atoms with Crippen molar-refractivity contribution in [2.24, 2.45) is 0 Å². The average Bonchev–Trinajstić information content (AvgIpc) is 2.95. The van der Waals surface area contributed by atoms with Crippen LogP contribution < -0.4 is 19.5 Å². The highest BCUT2D eigenvalue weighted by Crippen LogP contribution is 2.41. The fourth-order valence-electron chi connectivity index (χ4n) is 2.46. The second-order valence-corrected chi connectivity index (χ2v) is 5.12. The van der Waals surface area contributed by atoms with Gasteiger partial charge in [-0.05, 0) is 30.2 Å². The van der Waals surface area contributed by atoms with E-state index < -0.39 is 0 Å². The van der Waals surface area contributed by atoms with Gasteiger partial charge in [0.1, 0.15) is 0 Å². The fourth-order valence-corrected chi connectivity index (χ4v) is 2.46. The maximum absolute atomic E-state index is 5.43. The van der Waals surface area contributed by atoms with Crippen LogP contribution >= 0.6 is 0 Å². The van der Waals surface area contributed by atoms with Crippen LogP contribution in [0.25, 0.3) is 0 Å². The number of fused-ring (bicyclic) bond motifs is 1. The molecule has 0 amide bonds. The van der Waals surface area contributed by atoms with E-state index in [2.05, 4.69) is 36.5 Å². The molecule has 21 heavy (non-hydrogen) atoms. The highest BCUT2D eigenvalue weighted by Gasteiger charge is 2.19. The Kier molecular flexibility index (Phi) is 3.97. The number of rotatable bonds is 5. The lowest BCUT2D eigenvalue weighted by molar-refractivity contribution is 0.171. The summed E-state index contributed by atoms with van der Waals surface area (Å²) in [6.07, 6.45) is 0. The monoisotopic (exact) mass is 285 g/mol. The molecule has 1 heterocycles. The van der Waals surface area contributed by atoms with Gasteiger partial charge in [-0.25, -0.2) is 0 Å². The lowest BCUT2D eigenvalue weighted by atomic mass is 10.1. The lowest BCUT2D eigenvalue weighted by Gasteiger charge is -2.09. The number of hydrogen-bond acceptors (Lipinski definition) is 4. The van der Waals surface area contributed by atoms with Crippen LogP contribution in [0.15, 0.2) is 36.4 Å². The van der Waals surface area contributed by atoms with E-state index in [-0.39, 0.29) is 6.79 Å². The summed E-state index contributed by atoms with van der Waals surface area (Å²) in [5.41, 5.74) is 3.67. The van der Waals surface area contributed by atoms with Crippen molar-refractivity contribution in [3.05, 3.63) is 53.1 Å². The van der Waals surface area contributed by atoms with E-state index >= 15 is 0 Å². The van der Waals surface area contributed by atoms with E-state index in [4.69, 9.17) is 14.2 Å². The summed E-state index contributed by atoms with van der Waals surface area (Å²) < 4.78 is 16.2. The zero-order valence-corrected chi connectivity index (χ0v) is 12.3. The molecule has 1 aliphatic rings. The minimum atomic E-state index is 0.256. The summed E-state index contributed by atoms with van der Waals surface area (Å²) in [5.74, 6) is 2.17. The molecule has 0 saturated carbocycles. The molecule has 0 saturated heterocycles. The number of benzene rings is 2. The average molecular weight is 285 g/mol. The van der Waals surface area contributed by atoms with Crippen molar-refractivity contribution in [1.82, 2.24) is 5.32 Å². The predicted octanol–water partition coefficient (Wildman–Crippen LogP) is 3.02. The first-order valence-electron chi connectivity index (χ1n) is 6.99. The van der Waals surface area contributed by atoms with Gasteiger partial charge >= 0.3 is 0 Å². The quantitative estimate of drug-likeness (QED) is 0.916. The molecule has 0 unspecified atom stereocenters. The molecule has 0 spiro atoms. The minimum Gasteiger partial charge on any atom is -0.493 e. The second kappa shape index (κ2) is 6.06. The van der Waals surface area contributed by atoms with Crippen LogP contribution in [-0.2, 0) is 13.1 Å². The van der Waals surface area contributed by atoms with Crippen LogP contribution in [0.5, 0.6) is 17.2 Å².